The van der Waals surface area contributed by atoms with E-state index in [4.69, 9.17) is 11.8 Å². The second-order valence-corrected chi connectivity index (χ2v) is 2.40. The number of aliphatic hydroxyl groups is 1. The molecule has 1 aliphatic rings. The number of hydrogen-bond acceptors (Lipinski definition) is 3. The van der Waals surface area contributed by atoms with Gasteiger partial charge in [-0.3, -0.25) is 0 Å². The third-order valence-electron chi connectivity index (χ3n) is 1.60. The van der Waals surface area contributed by atoms with Crippen LogP contribution in [0.1, 0.15) is 14.7 Å². The maximum atomic E-state index is 9.23. The van der Waals surface area contributed by atoms with Crippen LogP contribution in [-0.2, 0) is 4.74 Å². The summed E-state index contributed by atoms with van der Waals surface area (Å²) in [7, 11) is 0. The average Bonchev–Trinajstić information content (AvgIpc) is 1.82. The second-order valence-electron chi connectivity index (χ2n) is 2.40. The first-order chi connectivity index (χ1) is 4.61. The Balaban J connectivity index is 2.49. The van der Waals surface area contributed by atoms with Crippen LogP contribution in [0.25, 0.3) is 0 Å². The average molecular weight is 132 g/mol. The van der Waals surface area contributed by atoms with Gasteiger partial charge in [-0.05, 0) is 13.3 Å². The molecule has 0 unspecified atom stereocenters. The van der Waals surface area contributed by atoms with E-state index in [-0.39, 0.29) is 12.1 Å². The molecule has 0 radical (unpaired) electrons. The van der Waals surface area contributed by atoms with Gasteiger partial charge in [0.1, 0.15) is 0 Å². The predicted octanol–water partition coefficient (Wildman–Crippen LogP) is -0.517. The van der Waals surface area contributed by atoms with Crippen molar-refractivity contribution in [3.05, 3.63) is 0 Å². The van der Waals surface area contributed by atoms with Gasteiger partial charge >= 0.3 is 0 Å². The topological polar surface area (TPSA) is 55.5 Å². The molecule has 0 amide bonds. The van der Waals surface area contributed by atoms with Gasteiger partial charge in [-0.2, -0.15) is 0 Å². The molecule has 0 aromatic carbocycles. The number of nitrogens with two attached hydrogens (primary N) is 1. The molecule has 0 aromatic heterocycles. The Labute approximate surface area is 56.2 Å². The van der Waals surface area contributed by atoms with E-state index in [0.717, 1.165) is 0 Å². The number of hydrogen-bond donors (Lipinski definition) is 2. The van der Waals surface area contributed by atoms with E-state index in [0.29, 0.717) is 6.42 Å². The van der Waals surface area contributed by atoms with Gasteiger partial charge in [-0.1, -0.05) is 0 Å². The van der Waals surface area contributed by atoms with E-state index >= 15 is 0 Å². The van der Waals surface area contributed by atoms with E-state index in [1.54, 1.807) is 6.92 Å². The summed E-state index contributed by atoms with van der Waals surface area (Å²) >= 11 is 0. The SMILES string of the molecule is [2H][C@@H]1C[C@H](N)[C@H](O)[C@H](C)O1. The lowest BCUT2D eigenvalue weighted by Gasteiger charge is -2.30. The molecule has 1 heterocycles. The van der Waals surface area contributed by atoms with Gasteiger partial charge in [-0.15, -0.1) is 0 Å². The Morgan fingerprint density at radius 1 is 1.89 bits per heavy atom. The van der Waals surface area contributed by atoms with Gasteiger partial charge in [0.05, 0.1) is 13.6 Å². The van der Waals surface area contributed by atoms with Crippen LogP contribution in [0.3, 0.4) is 0 Å². The predicted molar refractivity (Wildman–Crippen MR) is 34.0 cm³/mol. The minimum atomic E-state index is -0.610. The summed E-state index contributed by atoms with van der Waals surface area (Å²) in [5, 5.41) is 9.23. The highest BCUT2D eigenvalue weighted by Gasteiger charge is 2.26. The van der Waals surface area contributed by atoms with Crippen LogP contribution in [0.4, 0.5) is 0 Å². The molecule has 1 saturated heterocycles. The summed E-state index contributed by atoms with van der Waals surface area (Å²) in [5.74, 6) is 0. The Kier molecular flexibility index (Phi) is 1.66. The fraction of sp³-hybridized carbons (Fsp3) is 1.00. The van der Waals surface area contributed by atoms with E-state index in [2.05, 4.69) is 0 Å². The zero-order valence-electron chi connectivity index (χ0n) is 6.45. The molecular formula is C6H13NO2. The quantitative estimate of drug-likeness (QED) is 0.466. The van der Waals surface area contributed by atoms with Crippen LogP contribution in [0, 0.1) is 0 Å². The normalized spacial score (nSPS) is 54.8. The summed E-state index contributed by atoms with van der Waals surface area (Å²) in [6.07, 6.45) is -0.487. The van der Waals surface area contributed by atoms with Crippen molar-refractivity contribution in [1.29, 1.82) is 0 Å². The van der Waals surface area contributed by atoms with Crippen molar-refractivity contribution in [3.8, 4) is 0 Å². The molecule has 1 fully saturated rings. The van der Waals surface area contributed by atoms with Crippen molar-refractivity contribution in [3.63, 3.8) is 0 Å². The Hall–Kier alpha value is -0.120. The van der Waals surface area contributed by atoms with Crippen LogP contribution >= 0.6 is 0 Å². The van der Waals surface area contributed by atoms with Crippen molar-refractivity contribution in [2.24, 2.45) is 5.73 Å². The molecular weight excluding hydrogens is 118 g/mol. The lowest BCUT2D eigenvalue weighted by Crippen LogP contribution is -2.47. The summed E-state index contributed by atoms with van der Waals surface area (Å²) in [5.41, 5.74) is 5.51. The summed E-state index contributed by atoms with van der Waals surface area (Å²) in [4.78, 5) is 0. The van der Waals surface area contributed by atoms with Gasteiger partial charge < -0.3 is 15.6 Å². The van der Waals surface area contributed by atoms with Crippen LogP contribution < -0.4 is 5.73 Å². The molecule has 0 aromatic rings. The van der Waals surface area contributed by atoms with Gasteiger partial charge in [-0.25, -0.2) is 0 Å². The number of aliphatic hydroxyl groups excluding tert-OH is 1. The number of ether oxygens (including phenoxy) is 1. The van der Waals surface area contributed by atoms with E-state index in [1.807, 2.05) is 0 Å². The molecule has 3 heteroatoms. The van der Waals surface area contributed by atoms with Crippen LogP contribution in [-0.4, -0.2) is 29.9 Å². The highest BCUT2D eigenvalue weighted by atomic mass is 16.5. The highest BCUT2D eigenvalue weighted by Crippen LogP contribution is 2.11. The maximum absolute atomic E-state index is 9.23. The van der Waals surface area contributed by atoms with Crippen LogP contribution in [0.15, 0.2) is 0 Å². The molecule has 0 aliphatic carbocycles. The van der Waals surface area contributed by atoms with Gasteiger partial charge in [0, 0.05) is 12.6 Å². The van der Waals surface area contributed by atoms with Crippen molar-refractivity contribution < 1.29 is 11.2 Å². The third kappa shape index (κ3) is 1.41. The highest BCUT2D eigenvalue weighted by molar-refractivity contribution is 4.80. The van der Waals surface area contributed by atoms with Gasteiger partial charge in [0.15, 0.2) is 0 Å². The molecule has 3 N–H and O–H groups in total. The zero-order chi connectivity index (χ0) is 7.72. The zero-order valence-corrected chi connectivity index (χ0v) is 5.45. The molecule has 1 rings (SSSR count). The lowest BCUT2D eigenvalue weighted by molar-refractivity contribution is -0.0739. The third-order valence-corrected chi connectivity index (χ3v) is 1.60. The molecule has 3 nitrogen and oxygen atoms in total. The first kappa shape index (κ1) is 5.65. The molecule has 0 saturated carbocycles. The lowest BCUT2D eigenvalue weighted by atomic mass is 10.0. The summed E-state index contributed by atoms with van der Waals surface area (Å²) in [6, 6.07) is -0.300. The summed E-state index contributed by atoms with van der Waals surface area (Å²) < 4.78 is 12.2. The number of rotatable bonds is 0. The second kappa shape index (κ2) is 2.64. The Bertz CT molecular complexity index is 110. The molecule has 4 atom stereocenters. The Morgan fingerprint density at radius 2 is 2.56 bits per heavy atom. The van der Waals surface area contributed by atoms with Crippen LogP contribution in [0.2, 0.25) is 0 Å². The molecule has 9 heavy (non-hydrogen) atoms. The Morgan fingerprint density at radius 3 is 3.11 bits per heavy atom. The molecule has 54 valence electrons. The van der Waals surface area contributed by atoms with Crippen molar-refractivity contribution in [1.82, 2.24) is 0 Å². The van der Waals surface area contributed by atoms with E-state index < -0.39 is 12.7 Å². The smallest absolute Gasteiger partial charge is 0.0950 e. The molecule has 0 bridgehead atoms. The standard InChI is InChI=1S/C6H13NO2/c1-4-6(8)5(7)2-3-9-4/h4-6,8H,2-3,7H2,1H3/t4-,5-,6+/m0/s1/i3D/t3-,4+,5+,6-/m1. The van der Waals surface area contributed by atoms with E-state index in [9.17, 15) is 5.11 Å². The molecule has 1 aliphatic heterocycles. The van der Waals surface area contributed by atoms with Gasteiger partial charge in [0.2, 0.25) is 0 Å². The van der Waals surface area contributed by atoms with E-state index in [1.165, 1.54) is 0 Å². The minimum Gasteiger partial charge on any atom is -0.389 e. The van der Waals surface area contributed by atoms with Crippen LogP contribution in [0.5, 0.6) is 0 Å². The van der Waals surface area contributed by atoms with Crippen molar-refractivity contribution in [2.75, 3.05) is 6.58 Å². The minimum absolute atomic E-state index is 0.300. The fourth-order valence-corrected chi connectivity index (χ4v) is 0.886. The maximum Gasteiger partial charge on any atom is 0.0950 e. The summed E-state index contributed by atoms with van der Waals surface area (Å²) in [6.45, 7) is 1.17. The first-order valence-corrected chi connectivity index (χ1v) is 3.12. The monoisotopic (exact) mass is 132 g/mol. The van der Waals surface area contributed by atoms with Crippen molar-refractivity contribution in [2.45, 2.75) is 31.6 Å². The van der Waals surface area contributed by atoms with Gasteiger partial charge in [0.25, 0.3) is 0 Å². The molecule has 0 spiro atoms. The first-order valence-electron chi connectivity index (χ1n) is 3.70. The van der Waals surface area contributed by atoms with Crippen molar-refractivity contribution >= 4 is 0 Å². The fourth-order valence-electron chi connectivity index (χ4n) is 0.886. The largest absolute Gasteiger partial charge is 0.389 e.